The summed E-state index contributed by atoms with van der Waals surface area (Å²) < 4.78 is 0. The molecule has 0 aliphatic carbocycles. The van der Waals surface area contributed by atoms with Gasteiger partial charge in [-0.1, -0.05) is 6.07 Å². The minimum absolute atomic E-state index is 0.120. The van der Waals surface area contributed by atoms with E-state index in [2.05, 4.69) is 45.7 Å². The van der Waals surface area contributed by atoms with Crippen molar-refractivity contribution in [2.75, 3.05) is 31.5 Å². The number of aromatic nitrogens is 1. The Balaban J connectivity index is 1.17. The van der Waals surface area contributed by atoms with E-state index in [4.69, 9.17) is 4.99 Å². The average molecular weight is 516 g/mol. The monoisotopic (exact) mass is 515 g/mol. The molecule has 0 bridgehead atoms. The van der Waals surface area contributed by atoms with Gasteiger partial charge in [0.25, 0.3) is 11.5 Å². The summed E-state index contributed by atoms with van der Waals surface area (Å²) >= 11 is 1.74. The molecule has 1 aromatic carbocycles. The Morgan fingerprint density at radius 3 is 2.81 bits per heavy atom. The average Bonchev–Trinajstić information content (AvgIpc) is 3.67. The van der Waals surface area contributed by atoms with Gasteiger partial charge in [0, 0.05) is 48.6 Å². The van der Waals surface area contributed by atoms with Crippen LogP contribution in [0.5, 0.6) is 0 Å². The van der Waals surface area contributed by atoms with E-state index in [-0.39, 0.29) is 17.5 Å². The second kappa shape index (κ2) is 10.3. The van der Waals surface area contributed by atoms with Gasteiger partial charge in [-0.15, -0.1) is 11.3 Å². The van der Waals surface area contributed by atoms with E-state index in [0.717, 1.165) is 59.7 Å². The van der Waals surface area contributed by atoms with Crippen molar-refractivity contribution >= 4 is 34.3 Å². The van der Waals surface area contributed by atoms with Crippen LogP contribution in [0.25, 0.3) is 0 Å². The van der Waals surface area contributed by atoms with Crippen LogP contribution in [0.3, 0.4) is 0 Å². The van der Waals surface area contributed by atoms with Crippen LogP contribution in [0.4, 0.5) is 11.4 Å². The molecule has 1 fully saturated rings. The van der Waals surface area contributed by atoms with E-state index in [1.165, 1.54) is 30.8 Å². The lowest BCUT2D eigenvalue weighted by Crippen LogP contribution is -2.29. The number of fused-ring (bicyclic) bond motifs is 2. The SMILES string of the molecule is C[C@H](Cc1cccs1)Nc1cc[nH]c(=O)c1C1=Nc2cc3c(cc2C1)C(=O)N(CCCN1CCCC1)C3. The van der Waals surface area contributed by atoms with Crippen LogP contribution in [0, 0.1) is 0 Å². The molecule has 5 heterocycles. The van der Waals surface area contributed by atoms with Crippen LogP contribution < -0.4 is 10.9 Å². The molecule has 2 N–H and O–H groups in total. The zero-order valence-corrected chi connectivity index (χ0v) is 22.1. The number of likely N-dealkylation sites (tertiary alicyclic amines) is 1. The number of nitrogens with one attached hydrogen (secondary N) is 2. The van der Waals surface area contributed by atoms with Gasteiger partial charge in [0.2, 0.25) is 0 Å². The zero-order valence-electron chi connectivity index (χ0n) is 21.3. The Bertz CT molecular complexity index is 1390. The molecule has 1 atom stereocenters. The number of H-pyrrole nitrogens is 1. The van der Waals surface area contributed by atoms with Gasteiger partial charge in [0.05, 0.1) is 22.6 Å². The van der Waals surface area contributed by atoms with Crippen molar-refractivity contribution in [1.82, 2.24) is 14.8 Å². The standard InChI is InChI=1S/C29H33N5O2S/c1-19(14-22-6-4-13-37-22)31-24-7-8-30-28(35)27(24)26-16-20-15-23-21(17-25(20)32-26)18-34(29(23)36)12-5-11-33-9-2-3-10-33/h4,6-8,13,15,17,19H,2-3,5,9-12,14,16,18H2,1H3,(H2,30,31,35)/t19-/m1/s1. The van der Waals surface area contributed by atoms with Crippen LogP contribution in [0.15, 0.2) is 51.7 Å². The van der Waals surface area contributed by atoms with Gasteiger partial charge in [-0.2, -0.15) is 0 Å². The summed E-state index contributed by atoms with van der Waals surface area (Å²) in [4.78, 5) is 39.6. The van der Waals surface area contributed by atoms with Crippen molar-refractivity contribution in [2.45, 2.75) is 51.6 Å². The number of benzene rings is 1. The number of thiophene rings is 1. The molecular weight excluding hydrogens is 482 g/mol. The smallest absolute Gasteiger partial charge is 0.259 e. The highest BCUT2D eigenvalue weighted by atomic mass is 32.1. The Morgan fingerprint density at radius 2 is 2.00 bits per heavy atom. The number of carbonyl (C=O) groups excluding carboxylic acids is 1. The Hall–Kier alpha value is -3.23. The topological polar surface area (TPSA) is 80.8 Å². The predicted octanol–water partition coefficient (Wildman–Crippen LogP) is 4.60. The molecule has 1 amide bonds. The lowest BCUT2D eigenvalue weighted by molar-refractivity contribution is 0.0772. The number of pyridine rings is 1. The fraction of sp³-hybridized carbons (Fsp3) is 0.414. The first-order valence-electron chi connectivity index (χ1n) is 13.3. The molecule has 6 rings (SSSR count). The highest BCUT2D eigenvalue weighted by molar-refractivity contribution is 7.09. The molecule has 192 valence electrons. The molecule has 2 aromatic heterocycles. The molecule has 0 unspecified atom stereocenters. The third kappa shape index (κ3) is 5.00. The molecule has 7 nitrogen and oxygen atoms in total. The summed E-state index contributed by atoms with van der Waals surface area (Å²) in [5, 5.41) is 5.62. The number of anilines is 1. The summed E-state index contributed by atoms with van der Waals surface area (Å²) in [6.07, 6.45) is 6.72. The summed E-state index contributed by atoms with van der Waals surface area (Å²) in [5.74, 6) is 0.120. The predicted molar refractivity (Wildman–Crippen MR) is 150 cm³/mol. The molecule has 0 spiro atoms. The van der Waals surface area contributed by atoms with Crippen LogP contribution in [-0.4, -0.2) is 58.6 Å². The van der Waals surface area contributed by atoms with Crippen molar-refractivity contribution < 1.29 is 4.79 Å². The molecule has 8 heteroatoms. The lowest BCUT2D eigenvalue weighted by Gasteiger charge is -2.19. The molecular formula is C29H33N5O2S. The molecule has 0 radical (unpaired) electrons. The quantitative estimate of drug-likeness (QED) is 0.437. The number of aliphatic imine (C=N–C) groups is 1. The van der Waals surface area contributed by atoms with Crippen LogP contribution in [0.2, 0.25) is 0 Å². The number of aromatic amines is 1. The second-order valence-electron chi connectivity index (χ2n) is 10.4. The summed E-state index contributed by atoms with van der Waals surface area (Å²) in [6.45, 7) is 7.01. The molecule has 3 aromatic rings. The zero-order chi connectivity index (χ0) is 25.4. The van der Waals surface area contributed by atoms with Crippen molar-refractivity contribution in [3.8, 4) is 0 Å². The van der Waals surface area contributed by atoms with Gasteiger partial charge in [-0.3, -0.25) is 14.6 Å². The van der Waals surface area contributed by atoms with Crippen molar-refractivity contribution in [2.24, 2.45) is 4.99 Å². The van der Waals surface area contributed by atoms with Crippen LogP contribution in [0.1, 0.15) is 58.1 Å². The molecule has 0 saturated carbocycles. The Kier molecular flexibility index (Phi) is 6.69. The first kappa shape index (κ1) is 24.1. The van der Waals surface area contributed by atoms with Crippen molar-refractivity contribution in [1.29, 1.82) is 0 Å². The van der Waals surface area contributed by atoms with E-state index in [9.17, 15) is 9.59 Å². The summed E-state index contributed by atoms with van der Waals surface area (Å²) in [6, 6.07) is 10.3. The first-order valence-corrected chi connectivity index (χ1v) is 14.2. The first-order chi connectivity index (χ1) is 18.0. The Morgan fingerprint density at radius 1 is 1.14 bits per heavy atom. The number of hydrogen-bond acceptors (Lipinski definition) is 6. The number of nitrogens with zero attached hydrogens (tertiary/aromatic N) is 3. The maximum atomic E-state index is 13.1. The van der Waals surface area contributed by atoms with Crippen LogP contribution >= 0.6 is 11.3 Å². The van der Waals surface area contributed by atoms with Crippen molar-refractivity contribution in [3.63, 3.8) is 0 Å². The van der Waals surface area contributed by atoms with E-state index < -0.39 is 0 Å². The van der Waals surface area contributed by atoms with Gasteiger partial charge in [-0.25, -0.2) is 0 Å². The maximum Gasteiger partial charge on any atom is 0.259 e. The minimum atomic E-state index is -0.146. The van der Waals surface area contributed by atoms with Gasteiger partial charge in [0.15, 0.2) is 0 Å². The van der Waals surface area contributed by atoms with E-state index >= 15 is 0 Å². The van der Waals surface area contributed by atoms with E-state index in [1.807, 2.05) is 17.0 Å². The number of amides is 1. The van der Waals surface area contributed by atoms with E-state index in [0.29, 0.717) is 18.5 Å². The highest BCUT2D eigenvalue weighted by Crippen LogP contribution is 2.36. The van der Waals surface area contributed by atoms with Gasteiger partial charge in [0.1, 0.15) is 0 Å². The summed E-state index contributed by atoms with van der Waals surface area (Å²) in [5.41, 5.74) is 5.72. The van der Waals surface area contributed by atoms with E-state index in [1.54, 1.807) is 17.5 Å². The van der Waals surface area contributed by atoms with Gasteiger partial charge < -0.3 is 20.1 Å². The van der Waals surface area contributed by atoms with Crippen molar-refractivity contribution in [3.05, 3.63) is 79.4 Å². The molecule has 37 heavy (non-hydrogen) atoms. The van der Waals surface area contributed by atoms with Crippen LogP contribution in [-0.2, 0) is 19.4 Å². The molecule has 3 aliphatic heterocycles. The third-order valence-electron chi connectivity index (χ3n) is 7.64. The third-order valence-corrected chi connectivity index (χ3v) is 8.54. The minimum Gasteiger partial charge on any atom is -0.381 e. The fourth-order valence-corrected chi connectivity index (χ4v) is 6.65. The number of hydrogen-bond donors (Lipinski definition) is 2. The summed E-state index contributed by atoms with van der Waals surface area (Å²) in [7, 11) is 0. The second-order valence-corrected chi connectivity index (χ2v) is 11.5. The maximum absolute atomic E-state index is 13.1. The largest absolute Gasteiger partial charge is 0.381 e. The Labute approximate surface area is 221 Å². The lowest BCUT2D eigenvalue weighted by atomic mass is 10.00. The highest BCUT2D eigenvalue weighted by Gasteiger charge is 2.31. The number of carbonyl (C=O) groups is 1. The normalized spacial score (nSPS) is 17.7. The molecule has 1 saturated heterocycles. The number of rotatable bonds is 9. The molecule has 3 aliphatic rings. The van der Waals surface area contributed by atoms with Gasteiger partial charge in [-0.05, 0) is 86.6 Å². The fourth-order valence-electron chi connectivity index (χ4n) is 5.81. The van der Waals surface area contributed by atoms with Gasteiger partial charge >= 0.3 is 0 Å².